The first-order chi connectivity index (χ1) is 2.73. The van der Waals surface area contributed by atoms with Gasteiger partial charge in [-0.15, -0.1) is 12.4 Å². The number of hydroxylamine groups is 2. The number of hydrazine groups is 1. The number of halogens is 1. The third-order valence-electron chi connectivity index (χ3n) is 0. The molecular formula is C2H12ClN3O. The second-order valence-corrected chi connectivity index (χ2v) is 0.847. The van der Waals surface area contributed by atoms with E-state index in [4.69, 9.17) is 5.21 Å². The molecule has 5 heteroatoms. The van der Waals surface area contributed by atoms with E-state index in [-0.39, 0.29) is 12.4 Å². The monoisotopic (exact) mass is 129 g/mol. The van der Waals surface area contributed by atoms with Crippen molar-refractivity contribution in [3.63, 3.8) is 0 Å². The smallest absolute Gasteiger partial charge is 0.0121 e. The van der Waals surface area contributed by atoms with E-state index in [1.54, 1.807) is 14.1 Å². The van der Waals surface area contributed by atoms with Gasteiger partial charge in [0.15, 0.2) is 0 Å². The van der Waals surface area contributed by atoms with E-state index in [9.17, 15) is 0 Å². The van der Waals surface area contributed by atoms with Gasteiger partial charge >= 0.3 is 0 Å². The average molecular weight is 130 g/mol. The van der Waals surface area contributed by atoms with Crippen molar-refractivity contribution in [2.24, 2.45) is 11.7 Å². The van der Waals surface area contributed by atoms with Gasteiger partial charge in [-0.2, -0.15) is 5.06 Å². The molecule has 4 nitrogen and oxygen atoms in total. The molecule has 0 spiro atoms. The molecule has 5 N–H and O–H groups in total. The first-order valence-corrected chi connectivity index (χ1v) is 1.43. The summed E-state index contributed by atoms with van der Waals surface area (Å²) in [5.74, 6) is 8.00. The molecule has 0 unspecified atom stereocenters. The molecule has 0 aromatic rings. The Bertz CT molecular complexity index is 17.7. The van der Waals surface area contributed by atoms with E-state index in [1.807, 2.05) is 0 Å². The van der Waals surface area contributed by atoms with Crippen molar-refractivity contribution >= 4 is 12.4 Å². The molecule has 48 valence electrons. The fourth-order valence-corrected chi connectivity index (χ4v) is 0. The molecule has 0 aromatic carbocycles. The second-order valence-electron chi connectivity index (χ2n) is 0.847. The molecule has 0 fully saturated rings. The molecule has 0 aliphatic rings. The Morgan fingerprint density at radius 2 is 1.29 bits per heavy atom. The normalized spacial score (nSPS) is 6.00. The van der Waals surface area contributed by atoms with Crippen molar-refractivity contribution < 1.29 is 5.21 Å². The van der Waals surface area contributed by atoms with Crippen molar-refractivity contribution in [1.82, 2.24) is 5.06 Å². The van der Waals surface area contributed by atoms with E-state index in [1.165, 1.54) is 0 Å². The Morgan fingerprint density at radius 1 is 1.29 bits per heavy atom. The molecule has 0 saturated carbocycles. The minimum atomic E-state index is 0. The summed E-state index contributed by atoms with van der Waals surface area (Å²) in [5.41, 5.74) is 0. The highest BCUT2D eigenvalue weighted by molar-refractivity contribution is 5.85. The molecular weight excluding hydrogens is 117 g/mol. The summed E-state index contributed by atoms with van der Waals surface area (Å²) in [6, 6.07) is 0. The maximum atomic E-state index is 7.89. The van der Waals surface area contributed by atoms with Crippen LogP contribution in [0.3, 0.4) is 0 Å². The van der Waals surface area contributed by atoms with Crippen molar-refractivity contribution in [2.75, 3.05) is 14.1 Å². The zero-order chi connectivity index (χ0) is 5.58. The standard InChI is InChI=1S/C2H7NO.ClH.H4N2/c1-3(2)4;;1-2/h4H,1-2H3;1H;1-2H2. The van der Waals surface area contributed by atoms with Gasteiger partial charge in [-0.25, -0.2) is 0 Å². The van der Waals surface area contributed by atoms with Gasteiger partial charge in [-0.1, -0.05) is 0 Å². The number of rotatable bonds is 0. The summed E-state index contributed by atoms with van der Waals surface area (Å²) in [5, 5.41) is 8.89. The molecule has 0 aliphatic heterocycles. The summed E-state index contributed by atoms with van der Waals surface area (Å²) in [6.07, 6.45) is 0. The van der Waals surface area contributed by atoms with Crippen LogP contribution in [0.1, 0.15) is 0 Å². The Hall–Kier alpha value is 0.130. The van der Waals surface area contributed by atoms with E-state index < -0.39 is 0 Å². The predicted molar refractivity (Wildman–Crippen MR) is 31.1 cm³/mol. The van der Waals surface area contributed by atoms with Crippen LogP contribution in [-0.2, 0) is 0 Å². The van der Waals surface area contributed by atoms with E-state index >= 15 is 0 Å². The maximum Gasteiger partial charge on any atom is 0.0121 e. The molecule has 7 heavy (non-hydrogen) atoms. The van der Waals surface area contributed by atoms with Crippen LogP contribution in [0.25, 0.3) is 0 Å². The molecule has 0 aromatic heterocycles. The minimum Gasteiger partial charge on any atom is -0.315 e. The molecule has 0 saturated heterocycles. The molecule has 0 bridgehead atoms. The largest absolute Gasteiger partial charge is 0.315 e. The number of nitrogens with two attached hydrogens (primary N) is 2. The Morgan fingerprint density at radius 3 is 1.29 bits per heavy atom. The first-order valence-electron chi connectivity index (χ1n) is 1.43. The molecule has 0 heterocycles. The van der Waals surface area contributed by atoms with Gasteiger partial charge in [0.25, 0.3) is 0 Å². The lowest BCUT2D eigenvalue weighted by Crippen LogP contribution is -2.02. The van der Waals surface area contributed by atoms with Gasteiger partial charge in [0.05, 0.1) is 0 Å². The fourth-order valence-electron chi connectivity index (χ4n) is 0. The van der Waals surface area contributed by atoms with Crippen LogP contribution >= 0.6 is 12.4 Å². The van der Waals surface area contributed by atoms with Gasteiger partial charge in [-0.3, -0.25) is 11.7 Å². The lowest BCUT2D eigenvalue weighted by Gasteiger charge is -1.89. The third-order valence-corrected chi connectivity index (χ3v) is 0. The lowest BCUT2D eigenvalue weighted by molar-refractivity contribution is -0.0372. The number of hydrogen-bond acceptors (Lipinski definition) is 4. The van der Waals surface area contributed by atoms with Crippen LogP contribution in [0.15, 0.2) is 0 Å². The van der Waals surface area contributed by atoms with Gasteiger partial charge in [0.2, 0.25) is 0 Å². The van der Waals surface area contributed by atoms with Gasteiger partial charge in [-0.05, 0) is 0 Å². The van der Waals surface area contributed by atoms with Gasteiger partial charge in [0.1, 0.15) is 0 Å². The van der Waals surface area contributed by atoms with Crippen LogP contribution in [0, 0.1) is 0 Å². The van der Waals surface area contributed by atoms with E-state index in [0.29, 0.717) is 0 Å². The number of hydrogen-bond donors (Lipinski definition) is 3. The Balaban J connectivity index is -0.0000000480. The summed E-state index contributed by atoms with van der Waals surface area (Å²) < 4.78 is 0. The first kappa shape index (κ1) is 15.7. The Kier molecular flexibility index (Phi) is 37.0. The Labute approximate surface area is 49.4 Å². The quantitative estimate of drug-likeness (QED) is 0.295. The number of nitrogens with zero attached hydrogens (tertiary/aromatic N) is 1. The second kappa shape index (κ2) is 16.5. The topological polar surface area (TPSA) is 75.5 Å². The molecule has 0 rings (SSSR count). The summed E-state index contributed by atoms with van der Waals surface area (Å²) in [6.45, 7) is 0. The van der Waals surface area contributed by atoms with Gasteiger partial charge in [0, 0.05) is 14.1 Å². The van der Waals surface area contributed by atoms with Crippen LogP contribution in [0.4, 0.5) is 0 Å². The third kappa shape index (κ3) is 6190. The van der Waals surface area contributed by atoms with Crippen LogP contribution < -0.4 is 11.7 Å². The summed E-state index contributed by atoms with van der Waals surface area (Å²) in [4.78, 5) is 0. The highest BCUT2D eigenvalue weighted by Crippen LogP contribution is 1.46. The van der Waals surface area contributed by atoms with Crippen molar-refractivity contribution in [1.29, 1.82) is 0 Å². The fraction of sp³-hybridized carbons (Fsp3) is 1.00. The lowest BCUT2D eigenvalue weighted by atomic mass is 11.2. The highest BCUT2D eigenvalue weighted by atomic mass is 35.5. The van der Waals surface area contributed by atoms with Crippen molar-refractivity contribution in [2.45, 2.75) is 0 Å². The molecule has 0 amide bonds. The molecule has 0 radical (unpaired) electrons. The van der Waals surface area contributed by atoms with Crippen LogP contribution in [-0.4, -0.2) is 24.4 Å². The van der Waals surface area contributed by atoms with Gasteiger partial charge < -0.3 is 5.21 Å². The zero-order valence-electron chi connectivity index (χ0n) is 4.46. The maximum absolute atomic E-state index is 7.89. The minimum absolute atomic E-state index is 0. The highest BCUT2D eigenvalue weighted by Gasteiger charge is 1.59. The zero-order valence-corrected chi connectivity index (χ0v) is 5.27. The van der Waals surface area contributed by atoms with Crippen molar-refractivity contribution in [3.8, 4) is 0 Å². The average Bonchev–Trinajstić information content (AvgIpc) is 1.41. The van der Waals surface area contributed by atoms with Crippen LogP contribution in [0.2, 0.25) is 0 Å². The van der Waals surface area contributed by atoms with E-state index in [2.05, 4.69) is 11.7 Å². The van der Waals surface area contributed by atoms with Crippen molar-refractivity contribution in [3.05, 3.63) is 0 Å². The molecule has 0 aliphatic carbocycles. The SMILES string of the molecule is CN(C)O.Cl.NN. The summed E-state index contributed by atoms with van der Waals surface area (Å²) >= 11 is 0. The van der Waals surface area contributed by atoms with E-state index in [0.717, 1.165) is 5.06 Å². The molecule has 0 atom stereocenters. The summed E-state index contributed by atoms with van der Waals surface area (Å²) in [7, 11) is 3.11. The predicted octanol–water partition coefficient (Wildman–Crippen LogP) is -0.822. The van der Waals surface area contributed by atoms with Crippen LogP contribution in [0.5, 0.6) is 0 Å².